The van der Waals surface area contributed by atoms with E-state index in [1.165, 1.54) is 18.4 Å². The molecular formula is C11H17ClN2O2S. The molecule has 1 rings (SSSR count). The van der Waals surface area contributed by atoms with Crippen molar-refractivity contribution in [2.75, 3.05) is 12.4 Å². The Morgan fingerprint density at radius 2 is 2.29 bits per heavy atom. The van der Waals surface area contributed by atoms with Gasteiger partial charge in [-0.25, -0.2) is 9.78 Å². The first-order chi connectivity index (χ1) is 8.12. The molecule has 0 fully saturated rings. The van der Waals surface area contributed by atoms with Crippen LogP contribution in [0.15, 0.2) is 0 Å². The number of anilines is 1. The van der Waals surface area contributed by atoms with Crippen molar-refractivity contribution >= 4 is 34.0 Å². The van der Waals surface area contributed by atoms with E-state index in [0.717, 1.165) is 19.3 Å². The Bertz CT molecular complexity index is 382. The van der Waals surface area contributed by atoms with Crippen LogP contribution < -0.4 is 5.32 Å². The van der Waals surface area contributed by atoms with Gasteiger partial charge in [0.25, 0.3) is 0 Å². The summed E-state index contributed by atoms with van der Waals surface area (Å²) in [4.78, 5) is 15.8. The predicted octanol–water partition coefficient (Wildman–Crippen LogP) is 3.57. The van der Waals surface area contributed by atoms with Gasteiger partial charge in [-0.2, -0.15) is 0 Å². The minimum atomic E-state index is -0.441. The molecule has 0 saturated heterocycles. The summed E-state index contributed by atoms with van der Waals surface area (Å²) in [6, 6.07) is 0.368. The molecule has 1 aromatic heterocycles. The fraction of sp³-hybridized carbons (Fsp3) is 0.636. The fourth-order valence-electron chi connectivity index (χ4n) is 1.48. The second kappa shape index (κ2) is 6.81. The van der Waals surface area contributed by atoms with Crippen molar-refractivity contribution in [1.29, 1.82) is 0 Å². The lowest BCUT2D eigenvalue weighted by molar-refractivity contribution is 0.0606. The van der Waals surface area contributed by atoms with Crippen LogP contribution in [0, 0.1) is 0 Å². The Kier molecular flexibility index (Phi) is 5.71. The van der Waals surface area contributed by atoms with Gasteiger partial charge in [-0.3, -0.25) is 0 Å². The first-order valence-electron chi connectivity index (χ1n) is 5.63. The first kappa shape index (κ1) is 14.3. The van der Waals surface area contributed by atoms with Crippen LogP contribution in [-0.4, -0.2) is 24.1 Å². The van der Waals surface area contributed by atoms with Gasteiger partial charge in [-0.15, -0.1) is 0 Å². The molecule has 4 nitrogen and oxygen atoms in total. The minimum absolute atomic E-state index is 0.204. The Balaban J connectivity index is 2.75. The molecule has 6 heteroatoms. The van der Waals surface area contributed by atoms with E-state index in [0.29, 0.717) is 16.1 Å². The first-order valence-corrected chi connectivity index (χ1v) is 6.82. The highest BCUT2D eigenvalue weighted by atomic mass is 35.5. The summed E-state index contributed by atoms with van der Waals surface area (Å²) in [5.74, 6) is -0.441. The molecule has 96 valence electrons. The third-order valence-electron chi connectivity index (χ3n) is 2.41. The van der Waals surface area contributed by atoms with E-state index in [2.05, 4.69) is 28.9 Å². The molecule has 1 atom stereocenters. The number of esters is 1. The summed E-state index contributed by atoms with van der Waals surface area (Å²) < 4.78 is 4.63. The number of halogens is 1. The normalized spacial score (nSPS) is 12.2. The smallest absolute Gasteiger partial charge is 0.351 e. The molecule has 1 heterocycles. The number of nitrogens with one attached hydrogen (secondary N) is 1. The second-order valence-electron chi connectivity index (χ2n) is 3.67. The van der Waals surface area contributed by atoms with Gasteiger partial charge in [0.15, 0.2) is 15.2 Å². The number of ether oxygens (including phenoxy) is 1. The van der Waals surface area contributed by atoms with E-state index < -0.39 is 5.97 Å². The fourth-order valence-corrected chi connectivity index (χ4v) is 2.66. The van der Waals surface area contributed by atoms with Crippen LogP contribution in [0.1, 0.15) is 42.8 Å². The highest BCUT2D eigenvalue weighted by molar-refractivity contribution is 7.18. The standard InChI is InChI=1S/C11H17ClN2O2S/c1-4-6-7(5-2)13-11-14-9(12)8(17-11)10(15)16-3/h7H,4-6H2,1-3H3,(H,13,14). The summed E-state index contributed by atoms with van der Waals surface area (Å²) in [7, 11) is 1.33. The maximum atomic E-state index is 11.4. The third kappa shape index (κ3) is 3.85. The van der Waals surface area contributed by atoms with Crippen molar-refractivity contribution in [1.82, 2.24) is 4.98 Å². The summed E-state index contributed by atoms with van der Waals surface area (Å²) in [6.45, 7) is 4.25. The van der Waals surface area contributed by atoms with E-state index in [9.17, 15) is 4.79 Å². The van der Waals surface area contributed by atoms with Crippen LogP contribution in [0.4, 0.5) is 5.13 Å². The van der Waals surface area contributed by atoms with Crippen molar-refractivity contribution in [3.63, 3.8) is 0 Å². The van der Waals surface area contributed by atoms with Gasteiger partial charge in [0.1, 0.15) is 0 Å². The maximum Gasteiger partial charge on any atom is 0.351 e. The molecule has 1 aromatic rings. The number of carbonyl (C=O) groups is 1. The Hall–Kier alpha value is -0.810. The van der Waals surface area contributed by atoms with Crippen molar-refractivity contribution in [3.8, 4) is 0 Å². The predicted molar refractivity (Wildman–Crippen MR) is 71.1 cm³/mol. The van der Waals surface area contributed by atoms with E-state index in [4.69, 9.17) is 11.6 Å². The quantitative estimate of drug-likeness (QED) is 0.807. The molecule has 0 aromatic carbocycles. The molecule has 1 unspecified atom stereocenters. The van der Waals surface area contributed by atoms with Crippen LogP contribution in [0.5, 0.6) is 0 Å². The largest absolute Gasteiger partial charge is 0.465 e. The zero-order valence-electron chi connectivity index (χ0n) is 10.2. The number of thiazole rings is 1. The number of hydrogen-bond acceptors (Lipinski definition) is 5. The molecule has 0 amide bonds. The lowest BCUT2D eigenvalue weighted by Crippen LogP contribution is -2.17. The maximum absolute atomic E-state index is 11.4. The van der Waals surface area contributed by atoms with E-state index >= 15 is 0 Å². The molecule has 0 radical (unpaired) electrons. The van der Waals surface area contributed by atoms with E-state index in [-0.39, 0.29) is 5.15 Å². The number of methoxy groups -OCH3 is 1. The summed E-state index contributed by atoms with van der Waals surface area (Å²) in [5, 5.41) is 4.17. The monoisotopic (exact) mass is 276 g/mol. The Labute approximate surface area is 110 Å². The van der Waals surface area contributed by atoms with Crippen LogP contribution >= 0.6 is 22.9 Å². The van der Waals surface area contributed by atoms with Gasteiger partial charge in [-0.05, 0) is 12.8 Å². The van der Waals surface area contributed by atoms with Crippen LogP contribution in [-0.2, 0) is 4.74 Å². The van der Waals surface area contributed by atoms with Gasteiger partial charge in [-0.1, -0.05) is 43.2 Å². The number of carbonyl (C=O) groups excluding carboxylic acids is 1. The number of nitrogens with zero attached hydrogens (tertiary/aromatic N) is 1. The van der Waals surface area contributed by atoms with Crippen molar-refractivity contribution in [3.05, 3.63) is 10.0 Å². The molecular weight excluding hydrogens is 260 g/mol. The molecule has 1 N–H and O–H groups in total. The van der Waals surface area contributed by atoms with Crippen molar-refractivity contribution in [2.24, 2.45) is 0 Å². The molecule has 0 saturated carbocycles. The second-order valence-corrected chi connectivity index (χ2v) is 5.03. The molecule has 0 bridgehead atoms. The van der Waals surface area contributed by atoms with Gasteiger partial charge in [0.05, 0.1) is 7.11 Å². The average Bonchev–Trinajstić information content (AvgIpc) is 2.68. The van der Waals surface area contributed by atoms with Crippen LogP contribution in [0.25, 0.3) is 0 Å². The zero-order valence-corrected chi connectivity index (χ0v) is 11.8. The Morgan fingerprint density at radius 3 is 2.82 bits per heavy atom. The lowest BCUT2D eigenvalue weighted by atomic mass is 10.1. The minimum Gasteiger partial charge on any atom is -0.465 e. The number of rotatable bonds is 6. The molecule has 0 aliphatic rings. The SMILES string of the molecule is CCCC(CC)Nc1nc(Cl)c(C(=O)OC)s1. The summed E-state index contributed by atoms with van der Waals surface area (Å²) in [5.41, 5.74) is 0. The van der Waals surface area contributed by atoms with Crippen molar-refractivity contribution < 1.29 is 9.53 Å². The highest BCUT2D eigenvalue weighted by Gasteiger charge is 2.18. The van der Waals surface area contributed by atoms with Gasteiger partial charge < -0.3 is 10.1 Å². The van der Waals surface area contributed by atoms with Crippen LogP contribution in [0.2, 0.25) is 5.15 Å². The van der Waals surface area contributed by atoms with Crippen molar-refractivity contribution in [2.45, 2.75) is 39.2 Å². The summed E-state index contributed by atoms with van der Waals surface area (Å²) >= 11 is 7.11. The van der Waals surface area contributed by atoms with Gasteiger partial charge in [0, 0.05) is 6.04 Å². The average molecular weight is 277 g/mol. The zero-order chi connectivity index (χ0) is 12.8. The van der Waals surface area contributed by atoms with Gasteiger partial charge in [0.2, 0.25) is 0 Å². The Morgan fingerprint density at radius 1 is 1.59 bits per heavy atom. The molecule has 0 aliphatic carbocycles. The lowest BCUT2D eigenvalue weighted by Gasteiger charge is -2.14. The topological polar surface area (TPSA) is 51.2 Å². The molecule has 17 heavy (non-hydrogen) atoms. The highest BCUT2D eigenvalue weighted by Crippen LogP contribution is 2.28. The molecule has 0 spiro atoms. The van der Waals surface area contributed by atoms with Gasteiger partial charge >= 0.3 is 5.97 Å². The number of aromatic nitrogens is 1. The van der Waals surface area contributed by atoms with E-state index in [1.807, 2.05) is 0 Å². The third-order valence-corrected chi connectivity index (χ3v) is 3.77. The summed E-state index contributed by atoms with van der Waals surface area (Å²) in [6.07, 6.45) is 3.19. The van der Waals surface area contributed by atoms with Crippen LogP contribution in [0.3, 0.4) is 0 Å². The number of hydrogen-bond donors (Lipinski definition) is 1. The van der Waals surface area contributed by atoms with E-state index in [1.54, 1.807) is 0 Å². The molecule has 0 aliphatic heterocycles.